The van der Waals surface area contributed by atoms with Crippen molar-refractivity contribution in [2.24, 2.45) is 0 Å². The highest BCUT2D eigenvalue weighted by Crippen LogP contribution is 2.28. The number of hydrogen-bond donors (Lipinski definition) is 1. The molecular formula is C21H22ClN3O2. The zero-order chi connectivity index (χ0) is 19.4. The Morgan fingerprint density at radius 2 is 2.00 bits per heavy atom. The first-order chi connectivity index (χ1) is 13.0. The largest absolute Gasteiger partial charge is 0.492 e. The summed E-state index contributed by atoms with van der Waals surface area (Å²) in [5.41, 5.74) is 2.80. The Morgan fingerprint density at radius 3 is 2.70 bits per heavy atom. The molecular weight excluding hydrogens is 362 g/mol. The van der Waals surface area contributed by atoms with Crippen molar-refractivity contribution in [2.45, 2.75) is 26.7 Å². The Balaban J connectivity index is 1.96. The lowest BCUT2D eigenvalue weighted by atomic mass is 10.0. The van der Waals surface area contributed by atoms with Crippen LogP contribution in [0.3, 0.4) is 0 Å². The first kappa shape index (κ1) is 19.0. The van der Waals surface area contributed by atoms with Crippen LogP contribution in [0.5, 0.6) is 5.75 Å². The fourth-order valence-corrected chi connectivity index (χ4v) is 3.13. The highest BCUT2D eigenvalue weighted by Gasteiger charge is 2.21. The number of halogens is 1. The molecule has 0 radical (unpaired) electrons. The van der Waals surface area contributed by atoms with E-state index >= 15 is 0 Å². The van der Waals surface area contributed by atoms with E-state index in [1.807, 2.05) is 69.3 Å². The highest BCUT2D eigenvalue weighted by molar-refractivity contribution is 6.30. The van der Waals surface area contributed by atoms with E-state index in [4.69, 9.17) is 16.3 Å². The number of benzene rings is 2. The van der Waals surface area contributed by atoms with Gasteiger partial charge in [-0.05, 0) is 43.2 Å². The number of para-hydroxylation sites is 2. The smallest absolute Gasteiger partial charge is 0.259 e. The fourth-order valence-electron chi connectivity index (χ4n) is 2.94. The molecule has 1 aromatic heterocycles. The molecule has 1 N–H and O–H groups in total. The van der Waals surface area contributed by atoms with Crippen molar-refractivity contribution in [3.63, 3.8) is 0 Å². The number of ether oxygens (including phenoxy) is 1. The van der Waals surface area contributed by atoms with Crippen LogP contribution in [0.1, 0.15) is 42.7 Å². The summed E-state index contributed by atoms with van der Waals surface area (Å²) in [5.74, 6) is 0.509. The number of rotatable bonds is 6. The Labute approximate surface area is 163 Å². The molecule has 0 saturated carbocycles. The molecule has 0 atom stereocenters. The van der Waals surface area contributed by atoms with Gasteiger partial charge in [-0.3, -0.25) is 4.79 Å². The maximum absolute atomic E-state index is 13.0. The molecule has 6 heteroatoms. The monoisotopic (exact) mass is 383 g/mol. The van der Waals surface area contributed by atoms with Gasteiger partial charge in [0.2, 0.25) is 0 Å². The van der Waals surface area contributed by atoms with Crippen molar-refractivity contribution in [1.29, 1.82) is 0 Å². The minimum Gasteiger partial charge on any atom is -0.492 e. The Bertz CT molecular complexity index is 950. The van der Waals surface area contributed by atoms with Crippen molar-refractivity contribution in [1.82, 2.24) is 9.78 Å². The molecule has 0 bridgehead atoms. The first-order valence-electron chi connectivity index (χ1n) is 8.88. The van der Waals surface area contributed by atoms with Gasteiger partial charge in [-0.25, -0.2) is 4.68 Å². The first-order valence-corrected chi connectivity index (χ1v) is 9.26. The average molecular weight is 384 g/mol. The van der Waals surface area contributed by atoms with Gasteiger partial charge in [-0.1, -0.05) is 43.6 Å². The molecule has 0 aliphatic heterocycles. The summed E-state index contributed by atoms with van der Waals surface area (Å²) in [6, 6.07) is 14.8. The lowest BCUT2D eigenvalue weighted by Gasteiger charge is -2.14. The number of nitrogens with zero attached hydrogens (tertiary/aromatic N) is 2. The predicted molar refractivity (Wildman–Crippen MR) is 108 cm³/mol. The molecule has 140 valence electrons. The van der Waals surface area contributed by atoms with Gasteiger partial charge in [-0.15, -0.1) is 0 Å². The van der Waals surface area contributed by atoms with Gasteiger partial charge in [0.25, 0.3) is 5.91 Å². The summed E-state index contributed by atoms with van der Waals surface area (Å²) < 4.78 is 7.35. The zero-order valence-corrected chi connectivity index (χ0v) is 16.3. The summed E-state index contributed by atoms with van der Waals surface area (Å²) in [6.07, 6.45) is 1.59. The van der Waals surface area contributed by atoms with Crippen molar-refractivity contribution < 1.29 is 9.53 Å². The summed E-state index contributed by atoms with van der Waals surface area (Å²) in [5, 5.41) is 8.00. The minimum absolute atomic E-state index is 0.0920. The molecule has 0 spiro atoms. The normalized spacial score (nSPS) is 10.9. The summed E-state index contributed by atoms with van der Waals surface area (Å²) in [6.45, 7) is 6.49. The fraction of sp³-hybridized carbons (Fsp3) is 0.238. The van der Waals surface area contributed by atoms with E-state index in [9.17, 15) is 4.79 Å². The minimum atomic E-state index is -0.223. The van der Waals surface area contributed by atoms with Crippen LogP contribution in [0.4, 0.5) is 5.69 Å². The van der Waals surface area contributed by atoms with Crippen molar-refractivity contribution in [2.75, 3.05) is 11.9 Å². The lowest BCUT2D eigenvalue weighted by Crippen LogP contribution is -2.16. The Morgan fingerprint density at radius 1 is 1.22 bits per heavy atom. The molecule has 1 heterocycles. The maximum Gasteiger partial charge on any atom is 0.259 e. The van der Waals surface area contributed by atoms with Gasteiger partial charge < -0.3 is 10.1 Å². The van der Waals surface area contributed by atoms with Gasteiger partial charge >= 0.3 is 0 Å². The second-order valence-electron chi connectivity index (χ2n) is 6.37. The molecule has 3 rings (SSSR count). The molecule has 0 fully saturated rings. The number of carbonyl (C=O) groups excluding carboxylic acids is 1. The summed E-state index contributed by atoms with van der Waals surface area (Å²) in [4.78, 5) is 13.0. The van der Waals surface area contributed by atoms with Gasteiger partial charge in [0.05, 0.1) is 35.4 Å². The van der Waals surface area contributed by atoms with E-state index in [2.05, 4.69) is 10.4 Å². The number of hydrogen-bond acceptors (Lipinski definition) is 3. The zero-order valence-electron chi connectivity index (χ0n) is 15.6. The van der Waals surface area contributed by atoms with Crippen LogP contribution in [0.2, 0.25) is 5.02 Å². The molecule has 3 aromatic rings. The third kappa shape index (κ3) is 4.14. The average Bonchev–Trinajstić information content (AvgIpc) is 3.09. The van der Waals surface area contributed by atoms with E-state index in [0.717, 1.165) is 11.4 Å². The molecule has 0 saturated heterocycles. The SMILES string of the molecule is CCOc1ccccc1NC(=O)c1cnn(-c2cccc(Cl)c2)c1C(C)C. The van der Waals surface area contributed by atoms with Gasteiger partial charge in [0.15, 0.2) is 0 Å². The van der Waals surface area contributed by atoms with Crippen LogP contribution in [-0.2, 0) is 0 Å². The Hall–Kier alpha value is -2.79. The predicted octanol–water partition coefficient (Wildman–Crippen LogP) is 5.30. The molecule has 27 heavy (non-hydrogen) atoms. The summed E-state index contributed by atoms with van der Waals surface area (Å²) >= 11 is 6.12. The summed E-state index contributed by atoms with van der Waals surface area (Å²) in [7, 11) is 0. The maximum atomic E-state index is 13.0. The van der Waals surface area contributed by atoms with Crippen LogP contribution in [0, 0.1) is 0 Å². The van der Waals surface area contributed by atoms with Gasteiger partial charge in [0.1, 0.15) is 5.75 Å². The molecule has 5 nitrogen and oxygen atoms in total. The van der Waals surface area contributed by atoms with E-state index < -0.39 is 0 Å². The topological polar surface area (TPSA) is 56.1 Å². The quantitative estimate of drug-likeness (QED) is 0.628. The van der Waals surface area contributed by atoms with E-state index in [1.165, 1.54) is 0 Å². The third-order valence-corrected chi connectivity index (χ3v) is 4.32. The van der Waals surface area contributed by atoms with Crippen LogP contribution in [-0.4, -0.2) is 22.3 Å². The van der Waals surface area contributed by atoms with Gasteiger partial charge in [0, 0.05) is 5.02 Å². The lowest BCUT2D eigenvalue weighted by molar-refractivity contribution is 0.102. The number of nitrogens with one attached hydrogen (secondary N) is 1. The number of aromatic nitrogens is 2. The van der Waals surface area contributed by atoms with Gasteiger partial charge in [-0.2, -0.15) is 5.10 Å². The van der Waals surface area contributed by atoms with Crippen molar-refractivity contribution in [3.8, 4) is 11.4 Å². The van der Waals surface area contributed by atoms with E-state index in [0.29, 0.717) is 28.6 Å². The van der Waals surface area contributed by atoms with Crippen molar-refractivity contribution in [3.05, 3.63) is 71.0 Å². The van der Waals surface area contributed by atoms with Crippen molar-refractivity contribution >= 4 is 23.2 Å². The molecule has 0 aliphatic rings. The molecule has 1 amide bonds. The second kappa shape index (κ2) is 8.27. The number of anilines is 1. The van der Waals surface area contributed by atoms with E-state index in [-0.39, 0.29) is 11.8 Å². The third-order valence-electron chi connectivity index (χ3n) is 4.09. The number of amides is 1. The van der Waals surface area contributed by atoms with Crippen LogP contribution >= 0.6 is 11.6 Å². The number of carbonyl (C=O) groups is 1. The second-order valence-corrected chi connectivity index (χ2v) is 6.81. The molecule has 2 aromatic carbocycles. The van der Waals surface area contributed by atoms with Crippen LogP contribution < -0.4 is 10.1 Å². The standard InChI is InChI=1S/C21H22ClN3O2/c1-4-27-19-11-6-5-10-18(19)24-21(26)17-13-23-25(20(17)14(2)3)16-9-7-8-15(22)12-16/h5-14H,4H2,1-3H3,(H,24,26). The molecule has 0 aliphatic carbocycles. The van der Waals surface area contributed by atoms with Crippen LogP contribution in [0.25, 0.3) is 5.69 Å². The van der Waals surface area contributed by atoms with Crippen LogP contribution in [0.15, 0.2) is 54.7 Å². The molecule has 0 unspecified atom stereocenters. The van der Waals surface area contributed by atoms with E-state index in [1.54, 1.807) is 10.9 Å². The highest BCUT2D eigenvalue weighted by atomic mass is 35.5. The Kier molecular flexibility index (Phi) is 5.81.